The lowest BCUT2D eigenvalue weighted by Crippen LogP contribution is -2.01. The molecule has 0 atom stereocenters. The molecule has 4 heteroatoms. The molecule has 0 spiro atoms. The summed E-state index contributed by atoms with van der Waals surface area (Å²) in [5.74, 6) is 1.77. The number of fused-ring (bicyclic) bond motifs is 1. The van der Waals surface area contributed by atoms with Crippen molar-refractivity contribution >= 4 is 11.0 Å². The van der Waals surface area contributed by atoms with Gasteiger partial charge in [0.15, 0.2) is 0 Å². The zero-order valence-electron chi connectivity index (χ0n) is 9.36. The van der Waals surface area contributed by atoms with E-state index in [0.29, 0.717) is 6.61 Å². The Labute approximate surface area is 94.3 Å². The standard InChI is InChI=1S/C12H16N2O2/c1-2-3-12-13-10-5-4-9(16-7-6-15)8-11(10)14-12/h4-5,8,15H,2-3,6-7H2,1H3,(H,13,14). The summed E-state index contributed by atoms with van der Waals surface area (Å²) >= 11 is 0. The van der Waals surface area contributed by atoms with Crippen molar-refractivity contribution in [1.29, 1.82) is 0 Å². The van der Waals surface area contributed by atoms with Gasteiger partial charge < -0.3 is 14.8 Å². The summed E-state index contributed by atoms with van der Waals surface area (Å²) in [6, 6.07) is 5.71. The Kier molecular flexibility index (Phi) is 3.41. The van der Waals surface area contributed by atoms with Crippen LogP contribution in [0.5, 0.6) is 5.75 Å². The SMILES string of the molecule is CCCc1nc2ccc(OCCO)cc2[nH]1. The lowest BCUT2D eigenvalue weighted by molar-refractivity contribution is 0.201. The zero-order chi connectivity index (χ0) is 11.4. The monoisotopic (exact) mass is 220 g/mol. The van der Waals surface area contributed by atoms with Gasteiger partial charge in [0.2, 0.25) is 0 Å². The molecule has 0 amide bonds. The Morgan fingerprint density at radius 3 is 3.06 bits per heavy atom. The number of nitrogens with one attached hydrogen (secondary N) is 1. The molecule has 0 saturated heterocycles. The number of nitrogens with zero attached hydrogens (tertiary/aromatic N) is 1. The van der Waals surface area contributed by atoms with E-state index in [2.05, 4.69) is 16.9 Å². The van der Waals surface area contributed by atoms with Gasteiger partial charge in [0.1, 0.15) is 18.2 Å². The van der Waals surface area contributed by atoms with E-state index in [9.17, 15) is 0 Å². The molecule has 1 heterocycles. The van der Waals surface area contributed by atoms with Crippen molar-refractivity contribution in [3.63, 3.8) is 0 Å². The van der Waals surface area contributed by atoms with E-state index in [-0.39, 0.29) is 6.61 Å². The number of aryl methyl sites for hydroxylation is 1. The zero-order valence-corrected chi connectivity index (χ0v) is 9.36. The van der Waals surface area contributed by atoms with Crippen LogP contribution >= 0.6 is 0 Å². The highest BCUT2D eigenvalue weighted by Crippen LogP contribution is 2.19. The van der Waals surface area contributed by atoms with Gasteiger partial charge in [0.05, 0.1) is 17.6 Å². The fourth-order valence-corrected chi connectivity index (χ4v) is 1.65. The number of ether oxygens (including phenoxy) is 1. The van der Waals surface area contributed by atoms with Crippen LogP contribution in [0.3, 0.4) is 0 Å². The number of hydrogen-bond acceptors (Lipinski definition) is 3. The molecule has 0 fully saturated rings. The molecule has 16 heavy (non-hydrogen) atoms. The quantitative estimate of drug-likeness (QED) is 0.809. The predicted molar refractivity (Wildman–Crippen MR) is 62.7 cm³/mol. The third kappa shape index (κ3) is 2.33. The van der Waals surface area contributed by atoms with E-state index in [1.807, 2.05) is 18.2 Å². The number of aliphatic hydroxyl groups is 1. The molecular weight excluding hydrogens is 204 g/mol. The first-order valence-electron chi connectivity index (χ1n) is 5.55. The van der Waals surface area contributed by atoms with Gasteiger partial charge in [-0.25, -0.2) is 4.98 Å². The Morgan fingerprint density at radius 1 is 1.44 bits per heavy atom. The molecule has 2 rings (SSSR count). The third-order valence-corrected chi connectivity index (χ3v) is 2.35. The van der Waals surface area contributed by atoms with E-state index >= 15 is 0 Å². The first-order valence-corrected chi connectivity index (χ1v) is 5.55. The summed E-state index contributed by atoms with van der Waals surface area (Å²) in [6.45, 7) is 2.48. The third-order valence-electron chi connectivity index (χ3n) is 2.35. The molecule has 0 aliphatic heterocycles. The Balaban J connectivity index is 2.23. The van der Waals surface area contributed by atoms with Gasteiger partial charge in [-0.2, -0.15) is 0 Å². The molecular formula is C12H16N2O2. The van der Waals surface area contributed by atoms with E-state index in [4.69, 9.17) is 9.84 Å². The van der Waals surface area contributed by atoms with Crippen LogP contribution in [0.1, 0.15) is 19.2 Å². The molecule has 2 aromatic rings. The van der Waals surface area contributed by atoms with Crippen LogP contribution < -0.4 is 4.74 Å². The summed E-state index contributed by atoms with van der Waals surface area (Å²) in [7, 11) is 0. The van der Waals surface area contributed by atoms with E-state index in [0.717, 1.165) is 35.4 Å². The number of aromatic nitrogens is 2. The summed E-state index contributed by atoms with van der Waals surface area (Å²) < 4.78 is 5.33. The number of aliphatic hydroxyl groups excluding tert-OH is 1. The molecule has 1 aromatic heterocycles. The predicted octanol–water partition coefficient (Wildman–Crippen LogP) is 1.89. The van der Waals surface area contributed by atoms with Crippen molar-refractivity contribution in [2.24, 2.45) is 0 Å². The second kappa shape index (κ2) is 4.99. The Hall–Kier alpha value is -1.55. The molecule has 1 aromatic carbocycles. The molecule has 0 bridgehead atoms. The molecule has 0 radical (unpaired) electrons. The van der Waals surface area contributed by atoms with Crippen LogP contribution in [0.25, 0.3) is 11.0 Å². The molecule has 0 unspecified atom stereocenters. The highest BCUT2D eigenvalue weighted by Gasteiger charge is 2.03. The average molecular weight is 220 g/mol. The largest absolute Gasteiger partial charge is 0.491 e. The van der Waals surface area contributed by atoms with Crippen LogP contribution in [-0.4, -0.2) is 28.3 Å². The number of rotatable bonds is 5. The minimum atomic E-state index is 0.0299. The number of H-pyrrole nitrogens is 1. The summed E-state index contributed by atoms with van der Waals surface area (Å²) in [6.07, 6.45) is 2.04. The minimum Gasteiger partial charge on any atom is -0.491 e. The smallest absolute Gasteiger partial charge is 0.121 e. The van der Waals surface area contributed by atoms with Gasteiger partial charge in [-0.1, -0.05) is 6.92 Å². The van der Waals surface area contributed by atoms with Crippen molar-refractivity contribution in [3.8, 4) is 5.75 Å². The highest BCUT2D eigenvalue weighted by molar-refractivity contribution is 5.76. The summed E-state index contributed by atoms with van der Waals surface area (Å²) in [4.78, 5) is 7.72. The second-order valence-corrected chi connectivity index (χ2v) is 3.68. The molecule has 0 saturated carbocycles. The molecule has 0 aliphatic carbocycles. The first-order chi connectivity index (χ1) is 7.83. The normalized spacial score (nSPS) is 10.9. The number of benzene rings is 1. The maximum absolute atomic E-state index is 8.67. The van der Waals surface area contributed by atoms with Crippen molar-refractivity contribution in [2.75, 3.05) is 13.2 Å². The van der Waals surface area contributed by atoms with Gasteiger partial charge in [0.25, 0.3) is 0 Å². The van der Waals surface area contributed by atoms with Crippen LogP contribution in [-0.2, 0) is 6.42 Å². The second-order valence-electron chi connectivity index (χ2n) is 3.68. The lowest BCUT2D eigenvalue weighted by Gasteiger charge is -2.02. The summed E-state index contributed by atoms with van der Waals surface area (Å²) in [5.41, 5.74) is 1.94. The van der Waals surface area contributed by atoms with Gasteiger partial charge >= 0.3 is 0 Å². The molecule has 86 valence electrons. The van der Waals surface area contributed by atoms with Gasteiger partial charge in [0, 0.05) is 12.5 Å². The maximum Gasteiger partial charge on any atom is 0.121 e. The van der Waals surface area contributed by atoms with Crippen LogP contribution in [0.15, 0.2) is 18.2 Å². The number of aromatic amines is 1. The number of hydrogen-bond donors (Lipinski definition) is 2. The molecule has 2 N–H and O–H groups in total. The van der Waals surface area contributed by atoms with E-state index in [1.165, 1.54) is 0 Å². The molecule has 4 nitrogen and oxygen atoms in total. The number of imidazole rings is 1. The van der Waals surface area contributed by atoms with Crippen molar-refractivity contribution in [3.05, 3.63) is 24.0 Å². The van der Waals surface area contributed by atoms with Gasteiger partial charge in [-0.15, -0.1) is 0 Å². The molecule has 0 aliphatic rings. The van der Waals surface area contributed by atoms with Gasteiger partial charge in [-0.05, 0) is 18.6 Å². The van der Waals surface area contributed by atoms with Crippen LogP contribution in [0.4, 0.5) is 0 Å². The lowest BCUT2D eigenvalue weighted by atomic mass is 10.3. The fourth-order valence-electron chi connectivity index (χ4n) is 1.65. The Bertz CT molecular complexity index is 465. The van der Waals surface area contributed by atoms with Crippen molar-refractivity contribution in [2.45, 2.75) is 19.8 Å². The van der Waals surface area contributed by atoms with E-state index in [1.54, 1.807) is 0 Å². The van der Waals surface area contributed by atoms with Crippen molar-refractivity contribution < 1.29 is 9.84 Å². The first kappa shape index (κ1) is 11.0. The van der Waals surface area contributed by atoms with E-state index < -0.39 is 0 Å². The minimum absolute atomic E-state index is 0.0299. The van der Waals surface area contributed by atoms with Crippen LogP contribution in [0, 0.1) is 0 Å². The summed E-state index contributed by atoms with van der Waals surface area (Å²) in [5, 5.41) is 8.67. The fraction of sp³-hybridized carbons (Fsp3) is 0.417. The van der Waals surface area contributed by atoms with Crippen LogP contribution in [0.2, 0.25) is 0 Å². The topological polar surface area (TPSA) is 58.1 Å². The Morgan fingerprint density at radius 2 is 2.31 bits per heavy atom. The average Bonchev–Trinajstić information content (AvgIpc) is 2.68. The van der Waals surface area contributed by atoms with Crippen molar-refractivity contribution in [1.82, 2.24) is 9.97 Å². The van der Waals surface area contributed by atoms with Gasteiger partial charge in [-0.3, -0.25) is 0 Å². The maximum atomic E-state index is 8.67. The highest BCUT2D eigenvalue weighted by atomic mass is 16.5.